The third kappa shape index (κ3) is 1.54. The van der Waals surface area contributed by atoms with E-state index in [1.165, 1.54) is 5.56 Å². The molecular formula is C15H20NO+. The van der Waals surface area contributed by atoms with Crippen molar-refractivity contribution in [1.82, 2.24) is 0 Å². The molecule has 0 spiro atoms. The summed E-state index contributed by atoms with van der Waals surface area (Å²) in [5.74, 6) is 1.05. The average Bonchev–Trinajstić information content (AvgIpc) is 2.46. The van der Waals surface area contributed by atoms with Crippen molar-refractivity contribution in [1.29, 1.82) is 0 Å². The second kappa shape index (κ2) is 3.67. The standard InChI is InChI=1S/C15H20NO/c1-16(2)13-8-9-15(17)14(16)10-12(13)11-6-4-3-5-7-11/h3-7,12-14H,8-10H2,1-2H3/q+1. The van der Waals surface area contributed by atoms with Crippen LogP contribution in [0.2, 0.25) is 0 Å². The highest BCUT2D eigenvalue weighted by molar-refractivity contribution is 5.84. The maximum absolute atomic E-state index is 12.0. The Kier molecular flexibility index (Phi) is 2.37. The quantitative estimate of drug-likeness (QED) is 0.677. The van der Waals surface area contributed by atoms with Gasteiger partial charge >= 0.3 is 0 Å². The molecule has 0 aromatic heterocycles. The fourth-order valence-corrected chi connectivity index (χ4v) is 3.92. The van der Waals surface area contributed by atoms with Gasteiger partial charge in [-0.15, -0.1) is 0 Å². The van der Waals surface area contributed by atoms with Crippen LogP contribution >= 0.6 is 0 Å². The van der Waals surface area contributed by atoms with Gasteiger partial charge in [0, 0.05) is 25.2 Å². The van der Waals surface area contributed by atoms with E-state index < -0.39 is 0 Å². The smallest absolute Gasteiger partial charge is 0.190 e. The van der Waals surface area contributed by atoms with E-state index in [0.29, 0.717) is 17.7 Å². The third-order valence-corrected chi connectivity index (χ3v) is 4.89. The lowest BCUT2D eigenvalue weighted by atomic mass is 9.90. The van der Waals surface area contributed by atoms with Gasteiger partial charge in [0.05, 0.1) is 20.1 Å². The molecule has 3 atom stereocenters. The lowest BCUT2D eigenvalue weighted by molar-refractivity contribution is -0.920. The van der Waals surface area contributed by atoms with E-state index in [-0.39, 0.29) is 6.04 Å². The van der Waals surface area contributed by atoms with E-state index in [2.05, 4.69) is 44.4 Å². The Hall–Kier alpha value is -1.15. The number of rotatable bonds is 1. The number of ketones is 1. The van der Waals surface area contributed by atoms with Gasteiger partial charge in [0.25, 0.3) is 0 Å². The minimum Gasteiger partial charge on any atom is -0.317 e. The molecule has 1 aromatic rings. The van der Waals surface area contributed by atoms with Gasteiger partial charge in [-0.3, -0.25) is 4.79 Å². The van der Waals surface area contributed by atoms with Crippen molar-refractivity contribution in [3.63, 3.8) is 0 Å². The van der Waals surface area contributed by atoms with Gasteiger partial charge in [0.15, 0.2) is 5.78 Å². The summed E-state index contributed by atoms with van der Waals surface area (Å²) < 4.78 is 0.901. The van der Waals surface area contributed by atoms with Crippen LogP contribution in [0.1, 0.15) is 30.7 Å². The molecule has 2 heterocycles. The van der Waals surface area contributed by atoms with Crippen LogP contribution < -0.4 is 0 Å². The van der Waals surface area contributed by atoms with Gasteiger partial charge in [-0.2, -0.15) is 0 Å². The Balaban J connectivity index is 1.98. The second-order valence-corrected chi connectivity index (χ2v) is 5.97. The number of carbonyl (C=O) groups is 1. The zero-order valence-corrected chi connectivity index (χ0v) is 10.6. The maximum atomic E-state index is 12.0. The molecule has 0 aliphatic carbocycles. The molecular weight excluding hydrogens is 210 g/mol. The fraction of sp³-hybridized carbons (Fsp3) is 0.533. The largest absolute Gasteiger partial charge is 0.317 e. The predicted octanol–water partition coefficient (Wildman–Crippen LogP) is 2.35. The molecule has 0 N–H and O–H groups in total. The predicted molar refractivity (Wildman–Crippen MR) is 67.7 cm³/mol. The van der Waals surface area contributed by atoms with Crippen LogP contribution in [-0.4, -0.2) is 36.4 Å². The van der Waals surface area contributed by atoms with Gasteiger partial charge in [-0.1, -0.05) is 30.3 Å². The number of quaternary nitrogens is 1. The minimum absolute atomic E-state index is 0.235. The number of nitrogens with zero attached hydrogens (tertiary/aromatic N) is 1. The first-order chi connectivity index (χ1) is 8.10. The molecule has 2 saturated heterocycles. The fourth-order valence-electron chi connectivity index (χ4n) is 3.92. The summed E-state index contributed by atoms with van der Waals surface area (Å²) in [5, 5.41) is 0. The SMILES string of the molecule is C[N+]1(C)C2CC(c3ccccc3)C1CCC2=O. The minimum atomic E-state index is 0.235. The van der Waals surface area contributed by atoms with Crippen LogP contribution in [-0.2, 0) is 4.79 Å². The van der Waals surface area contributed by atoms with E-state index in [4.69, 9.17) is 0 Å². The summed E-state index contributed by atoms with van der Waals surface area (Å²) in [6.07, 6.45) is 2.89. The summed E-state index contributed by atoms with van der Waals surface area (Å²) in [6, 6.07) is 11.6. The topological polar surface area (TPSA) is 17.1 Å². The number of hydrogen-bond donors (Lipinski definition) is 0. The van der Waals surface area contributed by atoms with E-state index >= 15 is 0 Å². The van der Waals surface area contributed by atoms with Crippen LogP contribution in [0.25, 0.3) is 0 Å². The monoisotopic (exact) mass is 230 g/mol. The Bertz CT molecular complexity index is 437. The maximum Gasteiger partial charge on any atom is 0.190 e. The molecule has 2 bridgehead atoms. The Morgan fingerprint density at radius 2 is 1.88 bits per heavy atom. The van der Waals surface area contributed by atoms with Gasteiger partial charge < -0.3 is 4.48 Å². The molecule has 0 saturated carbocycles. The lowest BCUT2D eigenvalue weighted by Gasteiger charge is -2.41. The first-order valence-electron chi connectivity index (χ1n) is 6.51. The highest BCUT2D eigenvalue weighted by Crippen LogP contribution is 2.46. The molecule has 0 amide bonds. The third-order valence-electron chi connectivity index (χ3n) is 4.89. The van der Waals surface area contributed by atoms with E-state index in [1.54, 1.807) is 0 Å². The summed E-state index contributed by atoms with van der Waals surface area (Å²) in [4.78, 5) is 12.0. The highest BCUT2D eigenvalue weighted by Gasteiger charge is 2.55. The molecule has 90 valence electrons. The van der Waals surface area contributed by atoms with Crippen molar-refractivity contribution in [2.24, 2.45) is 0 Å². The molecule has 2 aliphatic heterocycles. The second-order valence-electron chi connectivity index (χ2n) is 5.97. The number of fused-ring (bicyclic) bond motifs is 2. The number of hydrogen-bond acceptors (Lipinski definition) is 1. The summed E-state index contributed by atoms with van der Waals surface area (Å²) in [7, 11) is 4.46. The van der Waals surface area contributed by atoms with Crippen LogP contribution in [0.15, 0.2) is 30.3 Å². The first-order valence-corrected chi connectivity index (χ1v) is 6.51. The summed E-state index contributed by atoms with van der Waals surface area (Å²) >= 11 is 0. The van der Waals surface area contributed by atoms with E-state index in [1.807, 2.05) is 0 Å². The molecule has 17 heavy (non-hydrogen) atoms. The van der Waals surface area contributed by atoms with Crippen LogP contribution in [0.4, 0.5) is 0 Å². The summed E-state index contributed by atoms with van der Waals surface area (Å²) in [6.45, 7) is 0. The van der Waals surface area contributed by atoms with Crippen molar-refractivity contribution < 1.29 is 9.28 Å². The zero-order valence-electron chi connectivity index (χ0n) is 10.6. The molecule has 2 aliphatic rings. The van der Waals surface area contributed by atoms with Crippen molar-refractivity contribution in [2.45, 2.75) is 37.3 Å². The van der Waals surface area contributed by atoms with E-state index in [0.717, 1.165) is 23.7 Å². The number of benzene rings is 1. The molecule has 3 unspecified atom stereocenters. The van der Waals surface area contributed by atoms with Crippen LogP contribution in [0.5, 0.6) is 0 Å². The Labute approximate surface area is 103 Å². The highest BCUT2D eigenvalue weighted by atomic mass is 16.1. The number of likely N-dealkylation sites (N-methyl/N-ethyl adjacent to an activating group) is 1. The Morgan fingerprint density at radius 3 is 2.53 bits per heavy atom. The number of carbonyl (C=O) groups excluding carboxylic acids is 1. The van der Waals surface area contributed by atoms with Crippen molar-refractivity contribution in [3.05, 3.63) is 35.9 Å². The number of piperidine rings is 1. The average molecular weight is 230 g/mol. The van der Waals surface area contributed by atoms with Gasteiger partial charge in [0.2, 0.25) is 0 Å². The van der Waals surface area contributed by atoms with Crippen molar-refractivity contribution in [2.75, 3.05) is 14.1 Å². The molecule has 2 heteroatoms. The zero-order chi connectivity index (χ0) is 12.0. The lowest BCUT2D eigenvalue weighted by Crippen LogP contribution is -2.56. The van der Waals surface area contributed by atoms with E-state index in [9.17, 15) is 4.79 Å². The first kappa shape index (κ1) is 11.0. The Morgan fingerprint density at radius 1 is 1.18 bits per heavy atom. The summed E-state index contributed by atoms with van der Waals surface area (Å²) in [5.41, 5.74) is 1.42. The molecule has 0 radical (unpaired) electrons. The normalized spacial score (nSPS) is 34.9. The molecule has 1 aromatic carbocycles. The van der Waals surface area contributed by atoms with Crippen LogP contribution in [0, 0.1) is 0 Å². The van der Waals surface area contributed by atoms with Gasteiger partial charge in [-0.25, -0.2) is 0 Å². The van der Waals surface area contributed by atoms with Crippen molar-refractivity contribution in [3.8, 4) is 0 Å². The van der Waals surface area contributed by atoms with Gasteiger partial charge in [0.1, 0.15) is 6.04 Å². The molecule has 2 fully saturated rings. The molecule has 2 nitrogen and oxygen atoms in total. The van der Waals surface area contributed by atoms with Gasteiger partial charge in [-0.05, 0) is 5.56 Å². The van der Waals surface area contributed by atoms with Crippen molar-refractivity contribution >= 4 is 5.78 Å². The number of Topliss-reactive ketones (excluding diaryl/α,β-unsaturated/α-hetero) is 1. The van der Waals surface area contributed by atoms with Crippen LogP contribution in [0.3, 0.4) is 0 Å². The molecule has 3 rings (SSSR count).